The molecule has 0 bridgehead atoms. The Labute approximate surface area is 122 Å². The Morgan fingerprint density at radius 3 is 2.48 bits per heavy atom. The van der Waals surface area contributed by atoms with Gasteiger partial charge in [-0.25, -0.2) is 5.43 Å². The Morgan fingerprint density at radius 1 is 1.00 bits per heavy atom. The van der Waals surface area contributed by atoms with E-state index in [1.54, 1.807) is 6.21 Å². The third-order valence-corrected chi connectivity index (χ3v) is 2.80. The van der Waals surface area contributed by atoms with E-state index in [1.165, 1.54) is 4.80 Å². The van der Waals surface area contributed by atoms with Gasteiger partial charge >= 0.3 is 0 Å². The van der Waals surface area contributed by atoms with Crippen LogP contribution in [0, 0.1) is 0 Å². The molecule has 6 nitrogen and oxygen atoms in total. The van der Waals surface area contributed by atoms with E-state index in [-0.39, 0.29) is 0 Å². The van der Waals surface area contributed by atoms with Crippen LogP contribution in [0.3, 0.4) is 0 Å². The zero-order valence-corrected chi connectivity index (χ0v) is 11.3. The number of hydrogen-bond acceptors (Lipinski definition) is 5. The molecule has 0 saturated heterocycles. The summed E-state index contributed by atoms with van der Waals surface area (Å²) in [6.07, 6.45) is 1.71. The van der Waals surface area contributed by atoms with Crippen molar-refractivity contribution in [2.75, 3.05) is 5.43 Å². The van der Waals surface area contributed by atoms with E-state index in [0.29, 0.717) is 12.5 Å². The number of nitrogens with zero attached hydrogens (tertiary/aromatic N) is 5. The van der Waals surface area contributed by atoms with Crippen molar-refractivity contribution in [1.82, 2.24) is 20.2 Å². The second-order valence-corrected chi connectivity index (χ2v) is 4.41. The van der Waals surface area contributed by atoms with Crippen molar-refractivity contribution < 1.29 is 0 Å². The lowest BCUT2D eigenvalue weighted by molar-refractivity contribution is 0.573. The maximum Gasteiger partial charge on any atom is 0.283 e. The number of nitrogens with one attached hydrogen (secondary N) is 1. The van der Waals surface area contributed by atoms with E-state index in [1.807, 2.05) is 60.7 Å². The molecule has 2 aromatic carbocycles. The van der Waals surface area contributed by atoms with E-state index >= 15 is 0 Å². The second kappa shape index (κ2) is 6.42. The normalized spacial score (nSPS) is 10.9. The third-order valence-electron chi connectivity index (χ3n) is 2.80. The molecule has 1 N–H and O–H groups in total. The minimum absolute atomic E-state index is 0.373. The Morgan fingerprint density at radius 2 is 1.71 bits per heavy atom. The number of anilines is 1. The average Bonchev–Trinajstić information content (AvgIpc) is 2.97. The molecule has 1 aromatic heterocycles. The van der Waals surface area contributed by atoms with Gasteiger partial charge in [-0.15, -0.1) is 5.10 Å². The Bertz CT molecular complexity index is 705. The van der Waals surface area contributed by atoms with Crippen LogP contribution in [0.4, 0.5) is 5.95 Å². The molecule has 0 radical (unpaired) electrons. The van der Waals surface area contributed by atoms with Gasteiger partial charge in [0.2, 0.25) is 0 Å². The van der Waals surface area contributed by atoms with Crippen LogP contribution < -0.4 is 5.43 Å². The lowest BCUT2D eigenvalue weighted by Gasteiger charge is -1.97. The van der Waals surface area contributed by atoms with Gasteiger partial charge < -0.3 is 0 Å². The van der Waals surface area contributed by atoms with Gasteiger partial charge in [0.05, 0.1) is 12.8 Å². The third kappa shape index (κ3) is 3.73. The summed E-state index contributed by atoms with van der Waals surface area (Å²) in [5, 5.41) is 16.2. The first-order valence-electron chi connectivity index (χ1n) is 6.56. The standard InChI is InChI=1S/C15H14N6/c1-3-7-13(8-4-1)11-16-17-15-18-20-21(19-15)12-14-9-5-2-6-10-14/h1-11H,12H2,(H,17,19). The highest BCUT2D eigenvalue weighted by molar-refractivity contribution is 5.79. The summed E-state index contributed by atoms with van der Waals surface area (Å²) < 4.78 is 0. The smallest absolute Gasteiger partial charge is 0.243 e. The highest BCUT2D eigenvalue weighted by Gasteiger charge is 2.01. The minimum atomic E-state index is 0.373. The topological polar surface area (TPSA) is 68.0 Å². The molecule has 3 aromatic rings. The lowest BCUT2D eigenvalue weighted by atomic mass is 10.2. The molecule has 104 valence electrons. The summed E-state index contributed by atoms with van der Waals surface area (Å²) in [5.74, 6) is 0.373. The number of benzene rings is 2. The fourth-order valence-corrected chi connectivity index (χ4v) is 1.81. The summed E-state index contributed by atoms with van der Waals surface area (Å²) >= 11 is 0. The number of aromatic nitrogens is 4. The SMILES string of the molecule is C(=NNc1nnn(Cc2ccccc2)n1)c1ccccc1. The van der Waals surface area contributed by atoms with Crippen LogP contribution in [0.5, 0.6) is 0 Å². The predicted octanol–water partition coefficient (Wildman–Crippen LogP) is 2.17. The van der Waals surface area contributed by atoms with Gasteiger partial charge in [0, 0.05) is 0 Å². The van der Waals surface area contributed by atoms with Gasteiger partial charge in [-0.2, -0.15) is 9.90 Å². The molecule has 0 aliphatic carbocycles. The summed E-state index contributed by atoms with van der Waals surface area (Å²) in [6.45, 7) is 0.581. The van der Waals surface area contributed by atoms with E-state index in [2.05, 4.69) is 25.9 Å². The second-order valence-electron chi connectivity index (χ2n) is 4.41. The summed E-state index contributed by atoms with van der Waals surface area (Å²) in [7, 11) is 0. The fourth-order valence-electron chi connectivity index (χ4n) is 1.81. The predicted molar refractivity (Wildman–Crippen MR) is 81.0 cm³/mol. The first-order chi connectivity index (χ1) is 10.4. The monoisotopic (exact) mass is 278 g/mol. The fraction of sp³-hybridized carbons (Fsp3) is 0.0667. The van der Waals surface area contributed by atoms with Crippen LogP contribution in [0.1, 0.15) is 11.1 Å². The van der Waals surface area contributed by atoms with Gasteiger partial charge in [-0.1, -0.05) is 65.8 Å². The number of tetrazole rings is 1. The highest BCUT2D eigenvalue weighted by atomic mass is 15.6. The highest BCUT2D eigenvalue weighted by Crippen LogP contribution is 2.01. The average molecular weight is 278 g/mol. The summed E-state index contributed by atoms with van der Waals surface area (Å²) in [6, 6.07) is 19.8. The van der Waals surface area contributed by atoms with E-state index in [9.17, 15) is 0 Å². The van der Waals surface area contributed by atoms with Crippen molar-refractivity contribution >= 4 is 12.2 Å². The van der Waals surface area contributed by atoms with Crippen LogP contribution in [0.2, 0.25) is 0 Å². The largest absolute Gasteiger partial charge is 0.283 e. The molecule has 6 heteroatoms. The van der Waals surface area contributed by atoms with Crippen LogP contribution in [-0.2, 0) is 6.54 Å². The van der Waals surface area contributed by atoms with Crippen molar-refractivity contribution in [1.29, 1.82) is 0 Å². The molecule has 3 rings (SSSR count). The van der Waals surface area contributed by atoms with Crippen molar-refractivity contribution in [3.05, 3.63) is 71.8 Å². The minimum Gasteiger partial charge on any atom is -0.243 e. The maximum atomic E-state index is 4.21. The quantitative estimate of drug-likeness (QED) is 0.573. The molecule has 21 heavy (non-hydrogen) atoms. The first kappa shape index (κ1) is 13.0. The summed E-state index contributed by atoms with van der Waals surface area (Å²) in [5.41, 5.74) is 4.88. The molecule has 0 saturated carbocycles. The van der Waals surface area contributed by atoms with Gasteiger partial charge in [0.1, 0.15) is 0 Å². The van der Waals surface area contributed by atoms with E-state index in [0.717, 1.165) is 11.1 Å². The Balaban J connectivity index is 1.59. The van der Waals surface area contributed by atoms with Crippen molar-refractivity contribution in [3.63, 3.8) is 0 Å². The lowest BCUT2D eigenvalue weighted by Crippen LogP contribution is -2.04. The molecular weight excluding hydrogens is 264 g/mol. The van der Waals surface area contributed by atoms with Crippen molar-refractivity contribution in [2.24, 2.45) is 5.10 Å². The maximum absolute atomic E-state index is 4.21. The van der Waals surface area contributed by atoms with Gasteiger partial charge in [0.25, 0.3) is 5.95 Å². The molecule has 1 heterocycles. The summed E-state index contributed by atoms with van der Waals surface area (Å²) in [4.78, 5) is 1.52. The number of hydrogen-bond donors (Lipinski definition) is 1. The molecule has 0 aliphatic rings. The van der Waals surface area contributed by atoms with Gasteiger partial charge in [0.15, 0.2) is 0 Å². The van der Waals surface area contributed by atoms with E-state index in [4.69, 9.17) is 0 Å². The van der Waals surface area contributed by atoms with Crippen molar-refractivity contribution in [2.45, 2.75) is 6.54 Å². The van der Waals surface area contributed by atoms with Crippen molar-refractivity contribution in [3.8, 4) is 0 Å². The Kier molecular flexibility index (Phi) is 3.97. The van der Waals surface area contributed by atoms with Crippen LogP contribution in [0.25, 0.3) is 0 Å². The number of hydrazone groups is 1. The molecular formula is C15H14N6. The molecule has 0 atom stereocenters. The number of rotatable bonds is 5. The molecule has 0 fully saturated rings. The molecule has 0 amide bonds. The van der Waals surface area contributed by atoms with Crippen LogP contribution >= 0.6 is 0 Å². The molecule has 0 spiro atoms. The Hall–Kier alpha value is -3.02. The van der Waals surface area contributed by atoms with E-state index < -0.39 is 0 Å². The van der Waals surface area contributed by atoms with Gasteiger partial charge in [-0.3, -0.25) is 0 Å². The first-order valence-corrected chi connectivity index (χ1v) is 6.56. The van der Waals surface area contributed by atoms with Gasteiger partial charge in [-0.05, 0) is 16.3 Å². The zero-order valence-electron chi connectivity index (χ0n) is 11.3. The van der Waals surface area contributed by atoms with Crippen LogP contribution in [-0.4, -0.2) is 26.4 Å². The molecule has 0 aliphatic heterocycles. The van der Waals surface area contributed by atoms with Crippen LogP contribution in [0.15, 0.2) is 65.8 Å². The zero-order chi connectivity index (χ0) is 14.3. The molecule has 0 unspecified atom stereocenters.